The molecule has 20 heavy (non-hydrogen) atoms. The summed E-state index contributed by atoms with van der Waals surface area (Å²) in [6.07, 6.45) is 19.3. The third-order valence-electron chi connectivity index (χ3n) is 3.74. The van der Waals surface area contributed by atoms with Crippen LogP contribution in [0.3, 0.4) is 0 Å². The van der Waals surface area contributed by atoms with Crippen molar-refractivity contribution in [1.29, 1.82) is 0 Å². The third-order valence-corrected chi connectivity index (χ3v) is 3.74. The van der Waals surface area contributed by atoms with Crippen molar-refractivity contribution < 1.29 is 10.2 Å². The fourth-order valence-electron chi connectivity index (χ4n) is 2.38. The quantitative estimate of drug-likeness (QED) is 0.328. The van der Waals surface area contributed by atoms with E-state index in [0.29, 0.717) is 6.61 Å². The minimum Gasteiger partial charge on any atom is -0.396 e. The van der Waals surface area contributed by atoms with Crippen molar-refractivity contribution in [2.45, 2.75) is 96.5 Å². The zero-order valence-corrected chi connectivity index (χ0v) is 13.5. The van der Waals surface area contributed by atoms with Gasteiger partial charge in [0.25, 0.3) is 0 Å². The fraction of sp³-hybridized carbons (Fsp3) is 0.889. The van der Waals surface area contributed by atoms with Gasteiger partial charge in [-0.2, -0.15) is 0 Å². The molecule has 0 aliphatic carbocycles. The molecule has 0 bridgehead atoms. The summed E-state index contributed by atoms with van der Waals surface area (Å²) in [5, 5.41) is 18.5. The largest absolute Gasteiger partial charge is 0.396 e. The summed E-state index contributed by atoms with van der Waals surface area (Å²) in [7, 11) is 0. The van der Waals surface area contributed by atoms with Gasteiger partial charge in [0.05, 0.1) is 6.10 Å². The molecular weight excluding hydrogens is 248 g/mol. The van der Waals surface area contributed by atoms with Crippen LogP contribution in [-0.4, -0.2) is 22.9 Å². The van der Waals surface area contributed by atoms with Crippen LogP contribution in [0.4, 0.5) is 0 Å². The molecule has 0 amide bonds. The molecule has 120 valence electrons. The second kappa shape index (κ2) is 16.7. The smallest absolute Gasteiger partial charge is 0.0574 e. The molecule has 0 saturated carbocycles. The van der Waals surface area contributed by atoms with Crippen molar-refractivity contribution in [3.8, 4) is 0 Å². The highest BCUT2D eigenvalue weighted by molar-refractivity contribution is 4.83. The first-order valence-corrected chi connectivity index (χ1v) is 8.75. The number of allylic oxidation sites excluding steroid dienone is 1. The van der Waals surface area contributed by atoms with E-state index in [1.807, 2.05) is 0 Å². The molecule has 0 aromatic heterocycles. The lowest BCUT2D eigenvalue weighted by molar-refractivity contribution is 0.163. The highest BCUT2D eigenvalue weighted by Crippen LogP contribution is 2.10. The Hall–Kier alpha value is -0.340. The van der Waals surface area contributed by atoms with Crippen molar-refractivity contribution in [3.63, 3.8) is 0 Å². The Kier molecular flexibility index (Phi) is 16.4. The van der Waals surface area contributed by atoms with Gasteiger partial charge in [0.2, 0.25) is 0 Å². The molecule has 0 rings (SSSR count). The van der Waals surface area contributed by atoms with Crippen LogP contribution in [0.1, 0.15) is 90.4 Å². The minimum absolute atomic E-state index is 0.137. The average Bonchev–Trinajstić information content (AvgIpc) is 2.45. The van der Waals surface area contributed by atoms with Gasteiger partial charge < -0.3 is 10.2 Å². The summed E-state index contributed by atoms with van der Waals surface area (Å²) >= 11 is 0. The lowest BCUT2D eigenvalue weighted by Crippen LogP contribution is -2.04. The van der Waals surface area contributed by atoms with Gasteiger partial charge in [-0.15, -0.1) is 0 Å². The van der Waals surface area contributed by atoms with E-state index in [9.17, 15) is 5.11 Å². The maximum absolute atomic E-state index is 9.80. The van der Waals surface area contributed by atoms with Gasteiger partial charge in [-0.3, -0.25) is 0 Å². The Bertz CT molecular complexity index is 202. The van der Waals surface area contributed by atoms with Gasteiger partial charge in [-0.25, -0.2) is 0 Å². The van der Waals surface area contributed by atoms with Gasteiger partial charge in [0.1, 0.15) is 0 Å². The zero-order chi connectivity index (χ0) is 14.9. The van der Waals surface area contributed by atoms with Crippen LogP contribution in [0.25, 0.3) is 0 Å². The molecule has 0 fully saturated rings. The SMILES string of the molecule is CCCCCC[C@H](O)C/C=C/CCCCCCCCO. The van der Waals surface area contributed by atoms with Crippen LogP contribution < -0.4 is 0 Å². The molecule has 2 N–H and O–H groups in total. The molecular formula is C18H36O2. The summed E-state index contributed by atoms with van der Waals surface area (Å²) in [6, 6.07) is 0. The highest BCUT2D eigenvalue weighted by Gasteiger charge is 2.00. The number of unbranched alkanes of at least 4 members (excludes halogenated alkanes) is 9. The Morgan fingerprint density at radius 1 is 0.800 bits per heavy atom. The standard InChI is InChI=1S/C18H36O2/c1-2-3-4-12-15-18(20)16-13-10-8-6-5-7-9-11-14-17-19/h10,13,18-20H,2-9,11-12,14-17H2,1H3/b13-10+/t18-/m0/s1. The minimum atomic E-state index is -0.137. The maximum Gasteiger partial charge on any atom is 0.0574 e. The molecule has 0 unspecified atom stereocenters. The molecule has 1 atom stereocenters. The Morgan fingerprint density at radius 3 is 2.15 bits per heavy atom. The molecule has 2 nitrogen and oxygen atoms in total. The van der Waals surface area contributed by atoms with Gasteiger partial charge in [0.15, 0.2) is 0 Å². The summed E-state index contributed by atoms with van der Waals surface area (Å²) in [5.74, 6) is 0. The number of aliphatic hydroxyl groups excluding tert-OH is 2. The van der Waals surface area contributed by atoms with E-state index >= 15 is 0 Å². The number of hydrogen-bond acceptors (Lipinski definition) is 2. The van der Waals surface area contributed by atoms with E-state index in [0.717, 1.165) is 38.5 Å². The topological polar surface area (TPSA) is 40.5 Å². The second-order valence-corrected chi connectivity index (χ2v) is 5.84. The molecule has 0 aromatic rings. The van der Waals surface area contributed by atoms with Gasteiger partial charge in [-0.1, -0.05) is 70.4 Å². The van der Waals surface area contributed by atoms with Crippen molar-refractivity contribution in [3.05, 3.63) is 12.2 Å². The van der Waals surface area contributed by atoms with E-state index in [1.54, 1.807) is 0 Å². The fourth-order valence-corrected chi connectivity index (χ4v) is 2.38. The van der Waals surface area contributed by atoms with Crippen LogP contribution in [0, 0.1) is 0 Å². The van der Waals surface area contributed by atoms with Crippen LogP contribution in [-0.2, 0) is 0 Å². The predicted octanol–water partition coefficient (Wildman–Crippen LogP) is 4.99. The first kappa shape index (κ1) is 19.7. The van der Waals surface area contributed by atoms with Crippen LogP contribution in [0.5, 0.6) is 0 Å². The van der Waals surface area contributed by atoms with Crippen molar-refractivity contribution >= 4 is 0 Å². The van der Waals surface area contributed by atoms with Gasteiger partial charge in [-0.05, 0) is 32.1 Å². The molecule has 2 heteroatoms. The van der Waals surface area contributed by atoms with Crippen molar-refractivity contribution in [1.82, 2.24) is 0 Å². The van der Waals surface area contributed by atoms with E-state index in [1.165, 1.54) is 44.9 Å². The summed E-state index contributed by atoms with van der Waals surface area (Å²) < 4.78 is 0. The van der Waals surface area contributed by atoms with Crippen LogP contribution in [0.15, 0.2) is 12.2 Å². The second-order valence-electron chi connectivity index (χ2n) is 5.84. The normalized spacial score (nSPS) is 13.2. The van der Waals surface area contributed by atoms with E-state index in [-0.39, 0.29) is 6.10 Å². The molecule has 0 aromatic carbocycles. The zero-order valence-electron chi connectivity index (χ0n) is 13.5. The van der Waals surface area contributed by atoms with Crippen LogP contribution >= 0.6 is 0 Å². The Labute approximate surface area is 126 Å². The lowest BCUT2D eigenvalue weighted by Gasteiger charge is -2.07. The van der Waals surface area contributed by atoms with E-state index in [2.05, 4.69) is 19.1 Å². The molecule has 0 aliphatic rings. The molecule has 0 radical (unpaired) electrons. The molecule has 0 aliphatic heterocycles. The number of rotatable bonds is 15. The molecule has 0 spiro atoms. The maximum atomic E-state index is 9.80. The highest BCUT2D eigenvalue weighted by atomic mass is 16.3. The summed E-state index contributed by atoms with van der Waals surface area (Å²) in [5.41, 5.74) is 0. The first-order chi connectivity index (χ1) is 9.81. The summed E-state index contributed by atoms with van der Waals surface area (Å²) in [4.78, 5) is 0. The monoisotopic (exact) mass is 284 g/mol. The van der Waals surface area contributed by atoms with Gasteiger partial charge >= 0.3 is 0 Å². The third kappa shape index (κ3) is 15.7. The first-order valence-electron chi connectivity index (χ1n) is 8.75. The lowest BCUT2D eigenvalue weighted by atomic mass is 10.1. The van der Waals surface area contributed by atoms with Crippen molar-refractivity contribution in [2.24, 2.45) is 0 Å². The van der Waals surface area contributed by atoms with Crippen molar-refractivity contribution in [2.75, 3.05) is 6.61 Å². The van der Waals surface area contributed by atoms with E-state index in [4.69, 9.17) is 5.11 Å². The molecule has 0 saturated heterocycles. The Morgan fingerprint density at radius 2 is 1.45 bits per heavy atom. The number of hydrogen-bond donors (Lipinski definition) is 2. The summed E-state index contributed by atoms with van der Waals surface area (Å²) in [6.45, 7) is 2.55. The van der Waals surface area contributed by atoms with Gasteiger partial charge in [0, 0.05) is 6.61 Å². The molecule has 0 heterocycles. The van der Waals surface area contributed by atoms with Crippen LogP contribution in [0.2, 0.25) is 0 Å². The number of aliphatic hydroxyl groups is 2. The average molecular weight is 284 g/mol. The predicted molar refractivity (Wildman–Crippen MR) is 87.9 cm³/mol. The Balaban J connectivity index is 3.21. The van der Waals surface area contributed by atoms with E-state index < -0.39 is 0 Å².